The number of nitrogens with zero attached hydrogens (tertiary/aromatic N) is 1. The molecule has 0 fully saturated rings. The number of carbonyl (C=O) groups is 3. The predicted octanol–water partition coefficient (Wildman–Crippen LogP) is 1.75. The van der Waals surface area contributed by atoms with E-state index >= 15 is 0 Å². The van der Waals surface area contributed by atoms with Gasteiger partial charge in [0.25, 0.3) is 5.69 Å². The van der Waals surface area contributed by atoms with Gasteiger partial charge in [-0.05, 0) is 13.0 Å². The summed E-state index contributed by atoms with van der Waals surface area (Å²) in [6, 6.07) is 3.57. The lowest BCUT2D eigenvalue weighted by Gasteiger charge is -2.08. The van der Waals surface area contributed by atoms with E-state index in [4.69, 9.17) is 0 Å². The molecular weight excluding hydrogens is 328 g/mol. The Bertz CT molecular complexity index is 633. The summed E-state index contributed by atoms with van der Waals surface area (Å²) in [5, 5.41) is 12.8. The Morgan fingerprint density at radius 1 is 1.35 bits per heavy atom. The van der Waals surface area contributed by atoms with Crippen LogP contribution >= 0.6 is 11.8 Å². The van der Waals surface area contributed by atoms with Crippen LogP contribution in [0.4, 0.5) is 10.5 Å². The Hall–Kier alpha value is -2.62. The highest BCUT2D eigenvalue weighted by molar-refractivity contribution is 8.00. The normalized spacial score (nSPS) is 9.83. The molecule has 0 saturated heterocycles. The topological polar surface area (TPSA) is 125 Å². The molecule has 0 bridgehead atoms. The first-order valence-corrected chi connectivity index (χ1v) is 7.33. The number of esters is 1. The van der Waals surface area contributed by atoms with Gasteiger partial charge >= 0.3 is 12.1 Å². The number of nitrogens with one attached hydrogen (secondary N) is 1. The first-order valence-electron chi connectivity index (χ1n) is 6.35. The Labute approximate surface area is 135 Å². The van der Waals surface area contributed by atoms with Crippen LogP contribution in [0.15, 0.2) is 23.1 Å². The van der Waals surface area contributed by atoms with Crippen LogP contribution in [0, 0.1) is 10.1 Å². The third-order valence-corrected chi connectivity index (χ3v) is 3.51. The highest BCUT2D eigenvalue weighted by atomic mass is 32.2. The Morgan fingerprint density at radius 2 is 2.04 bits per heavy atom. The molecule has 2 amide bonds. The van der Waals surface area contributed by atoms with Gasteiger partial charge < -0.3 is 9.47 Å². The zero-order chi connectivity index (χ0) is 17.4. The summed E-state index contributed by atoms with van der Waals surface area (Å²) in [5.41, 5.74) is -0.141. The van der Waals surface area contributed by atoms with E-state index in [9.17, 15) is 24.5 Å². The fourth-order valence-electron chi connectivity index (χ4n) is 1.48. The predicted molar refractivity (Wildman–Crippen MR) is 80.3 cm³/mol. The highest BCUT2D eigenvalue weighted by Crippen LogP contribution is 2.27. The fraction of sp³-hybridized carbons (Fsp3) is 0.308. The van der Waals surface area contributed by atoms with Crippen molar-refractivity contribution in [2.24, 2.45) is 0 Å². The molecule has 23 heavy (non-hydrogen) atoms. The van der Waals surface area contributed by atoms with E-state index in [1.807, 2.05) is 5.32 Å². The van der Waals surface area contributed by atoms with Gasteiger partial charge in [-0.1, -0.05) is 0 Å². The van der Waals surface area contributed by atoms with E-state index in [1.165, 1.54) is 13.2 Å². The second-order valence-electron chi connectivity index (χ2n) is 3.99. The molecule has 1 N–H and O–H groups in total. The van der Waals surface area contributed by atoms with Gasteiger partial charge in [-0.25, -0.2) is 9.59 Å². The largest absolute Gasteiger partial charge is 0.465 e. The number of hydrogen-bond acceptors (Lipinski definition) is 8. The highest BCUT2D eigenvalue weighted by Gasteiger charge is 2.18. The van der Waals surface area contributed by atoms with E-state index in [1.54, 1.807) is 6.92 Å². The maximum Gasteiger partial charge on any atom is 0.413 e. The van der Waals surface area contributed by atoms with Crippen molar-refractivity contribution in [3.63, 3.8) is 0 Å². The summed E-state index contributed by atoms with van der Waals surface area (Å²) in [7, 11) is 1.17. The fourth-order valence-corrected chi connectivity index (χ4v) is 2.35. The van der Waals surface area contributed by atoms with Crippen LogP contribution in [-0.4, -0.2) is 42.4 Å². The van der Waals surface area contributed by atoms with Crippen molar-refractivity contribution >= 4 is 35.4 Å². The number of hydrogen-bond donors (Lipinski definition) is 1. The molecule has 0 aromatic heterocycles. The third kappa shape index (κ3) is 5.58. The molecule has 0 radical (unpaired) electrons. The number of methoxy groups -OCH3 is 1. The van der Waals surface area contributed by atoms with Crippen molar-refractivity contribution in [1.82, 2.24) is 5.32 Å². The molecule has 9 nitrogen and oxygen atoms in total. The van der Waals surface area contributed by atoms with Crippen molar-refractivity contribution in [1.29, 1.82) is 0 Å². The summed E-state index contributed by atoms with van der Waals surface area (Å²) < 4.78 is 9.13. The lowest BCUT2D eigenvalue weighted by Crippen LogP contribution is -2.32. The second kappa shape index (κ2) is 8.73. The van der Waals surface area contributed by atoms with Gasteiger partial charge in [0.05, 0.1) is 30.0 Å². The molecule has 0 aliphatic rings. The van der Waals surface area contributed by atoms with E-state index in [2.05, 4.69) is 9.47 Å². The van der Waals surface area contributed by atoms with Gasteiger partial charge in [-0.15, -0.1) is 11.8 Å². The number of alkyl carbamates (subject to hydrolysis) is 1. The molecule has 1 rings (SSSR count). The average molecular weight is 342 g/mol. The molecule has 0 spiro atoms. The van der Waals surface area contributed by atoms with Crippen LogP contribution in [-0.2, 0) is 14.3 Å². The monoisotopic (exact) mass is 342 g/mol. The molecule has 0 saturated carbocycles. The number of non-ortho nitro benzene ring substituents is 1. The molecule has 0 aliphatic carbocycles. The van der Waals surface area contributed by atoms with Crippen LogP contribution < -0.4 is 5.32 Å². The molecule has 0 aliphatic heterocycles. The minimum absolute atomic E-state index is 0.0898. The molecule has 0 unspecified atom stereocenters. The number of nitro groups is 1. The smallest absolute Gasteiger partial charge is 0.413 e. The van der Waals surface area contributed by atoms with Gasteiger partial charge in [-0.3, -0.25) is 20.2 Å². The van der Waals surface area contributed by atoms with Crippen molar-refractivity contribution in [3.05, 3.63) is 33.9 Å². The van der Waals surface area contributed by atoms with Crippen LogP contribution in [0.5, 0.6) is 0 Å². The molecule has 0 atom stereocenters. The van der Waals surface area contributed by atoms with Gasteiger partial charge in [-0.2, -0.15) is 0 Å². The van der Waals surface area contributed by atoms with Gasteiger partial charge in [0.15, 0.2) is 0 Å². The number of amides is 2. The average Bonchev–Trinajstić information content (AvgIpc) is 2.52. The number of ether oxygens (including phenoxy) is 2. The summed E-state index contributed by atoms with van der Waals surface area (Å²) in [4.78, 5) is 44.7. The molecule has 1 aromatic carbocycles. The van der Waals surface area contributed by atoms with Gasteiger partial charge in [0, 0.05) is 17.0 Å². The van der Waals surface area contributed by atoms with Crippen molar-refractivity contribution in [2.75, 3.05) is 19.5 Å². The quantitative estimate of drug-likeness (QED) is 0.359. The Balaban J connectivity index is 2.86. The summed E-state index contributed by atoms with van der Waals surface area (Å²) in [5.74, 6) is -1.58. The SMILES string of the molecule is CCOC(=O)NC(=O)CSc1cc([N+](=O)[O-])ccc1C(=O)OC. The third-order valence-electron chi connectivity index (χ3n) is 2.46. The minimum atomic E-state index is -0.884. The second-order valence-corrected chi connectivity index (χ2v) is 5.00. The number of rotatable bonds is 6. The molecular formula is C13H14N2O7S. The number of carbonyl (C=O) groups excluding carboxylic acids is 3. The first kappa shape index (κ1) is 18.4. The van der Waals surface area contributed by atoms with Crippen molar-refractivity contribution in [2.45, 2.75) is 11.8 Å². The van der Waals surface area contributed by atoms with Crippen molar-refractivity contribution in [3.8, 4) is 0 Å². The lowest BCUT2D eigenvalue weighted by atomic mass is 10.2. The zero-order valence-electron chi connectivity index (χ0n) is 12.4. The Morgan fingerprint density at radius 3 is 2.61 bits per heavy atom. The standard InChI is InChI=1S/C13H14N2O7S/c1-3-22-13(18)14-11(16)7-23-10-6-8(15(19)20)4-5-9(10)12(17)21-2/h4-6H,3,7H2,1-2H3,(H,14,16,18). The lowest BCUT2D eigenvalue weighted by molar-refractivity contribution is -0.385. The summed E-state index contributed by atoms with van der Waals surface area (Å²) in [6.07, 6.45) is -0.884. The number of nitro benzene ring substituents is 1. The maximum atomic E-state index is 11.6. The number of thioether (sulfide) groups is 1. The Kier molecular flexibility index (Phi) is 7.00. The zero-order valence-corrected chi connectivity index (χ0v) is 13.2. The summed E-state index contributed by atoms with van der Waals surface area (Å²) >= 11 is 0.865. The maximum absolute atomic E-state index is 11.6. The van der Waals surface area contributed by atoms with E-state index in [-0.39, 0.29) is 28.5 Å². The van der Waals surface area contributed by atoms with E-state index < -0.39 is 22.9 Å². The first-order chi connectivity index (χ1) is 10.9. The van der Waals surface area contributed by atoms with E-state index in [0.29, 0.717) is 0 Å². The van der Waals surface area contributed by atoms with Crippen LogP contribution in [0.3, 0.4) is 0 Å². The van der Waals surface area contributed by atoms with Crippen molar-refractivity contribution < 1.29 is 28.8 Å². The van der Waals surface area contributed by atoms with Crippen LogP contribution in [0.2, 0.25) is 0 Å². The molecule has 10 heteroatoms. The van der Waals surface area contributed by atoms with E-state index in [0.717, 1.165) is 23.9 Å². The number of imide groups is 1. The van der Waals surface area contributed by atoms with Crippen LogP contribution in [0.1, 0.15) is 17.3 Å². The minimum Gasteiger partial charge on any atom is -0.465 e. The molecule has 0 heterocycles. The molecule has 1 aromatic rings. The van der Waals surface area contributed by atoms with Crippen LogP contribution in [0.25, 0.3) is 0 Å². The van der Waals surface area contributed by atoms with Gasteiger partial charge in [0.2, 0.25) is 5.91 Å². The van der Waals surface area contributed by atoms with Gasteiger partial charge in [0.1, 0.15) is 0 Å². The molecule has 124 valence electrons. The number of benzene rings is 1. The summed E-state index contributed by atoms with van der Waals surface area (Å²) in [6.45, 7) is 1.70.